The van der Waals surface area contributed by atoms with Crippen LogP contribution < -0.4 is 10.9 Å². The summed E-state index contributed by atoms with van der Waals surface area (Å²) in [6.45, 7) is 0.391. The SMILES string of the molecule is CN(C)C(=O)C(=O)NC12CCC(CC1)Cn1c2nc(-c2ncc(Cc3ccc(F)cc3)s2)c(O)c1=O. The molecule has 2 aromatic heterocycles. The Labute approximate surface area is 210 Å². The van der Waals surface area contributed by atoms with Crippen LogP contribution in [0.15, 0.2) is 35.3 Å². The van der Waals surface area contributed by atoms with Gasteiger partial charge in [-0.15, -0.1) is 11.3 Å². The molecule has 1 aromatic carbocycles. The number of carbonyl (C=O) groups excluding carboxylic acids is 2. The Morgan fingerprint density at radius 1 is 1.25 bits per heavy atom. The van der Waals surface area contributed by atoms with Crippen molar-refractivity contribution >= 4 is 23.2 Å². The minimum Gasteiger partial charge on any atom is -0.501 e. The van der Waals surface area contributed by atoms with E-state index in [2.05, 4.69) is 10.3 Å². The van der Waals surface area contributed by atoms with Crippen molar-refractivity contribution < 1.29 is 19.1 Å². The van der Waals surface area contributed by atoms with Gasteiger partial charge < -0.3 is 15.3 Å². The third kappa shape index (κ3) is 4.27. The Kier molecular flexibility index (Phi) is 6.11. The van der Waals surface area contributed by atoms with Crippen LogP contribution in [0.3, 0.4) is 0 Å². The Hall–Kier alpha value is -3.60. The Morgan fingerprint density at radius 2 is 1.94 bits per heavy atom. The summed E-state index contributed by atoms with van der Waals surface area (Å²) in [5.74, 6) is -1.69. The highest BCUT2D eigenvalue weighted by atomic mass is 32.1. The summed E-state index contributed by atoms with van der Waals surface area (Å²) >= 11 is 1.28. The third-order valence-corrected chi connectivity index (χ3v) is 7.98. The molecule has 0 atom stereocenters. The van der Waals surface area contributed by atoms with Crippen molar-refractivity contribution in [3.05, 3.63) is 62.9 Å². The van der Waals surface area contributed by atoms with E-state index in [1.54, 1.807) is 18.3 Å². The first-order valence-corrected chi connectivity index (χ1v) is 12.6. The molecule has 0 unspecified atom stereocenters. The molecule has 3 aromatic rings. The number of rotatable bonds is 4. The van der Waals surface area contributed by atoms with E-state index in [4.69, 9.17) is 4.98 Å². The number of hydrogen-bond acceptors (Lipinski definition) is 7. The number of aromatic hydroxyl groups is 1. The molecular formula is C25H26FN5O4S. The van der Waals surface area contributed by atoms with Crippen LogP contribution in [0.25, 0.3) is 10.7 Å². The van der Waals surface area contributed by atoms with Crippen molar-refractivity contribution in [2.75, 3.05) is 14.1 Å². The number of aromatic nitrogens is 3. The van der Waals surface area contributed by atoms with E-state index in [1.165, 1.54) is 47.0 Å². The topological polar surface area (TPSA) is 117 Å². The molecule has 188 valence electrons. The van der Waals surface area contributed by atoms with Crippen molar-refractivity contribution in [3.63, 3.8) is 0 Å². The van der Waals surface area contributed by atoms with Gasteiger partial charge in [-0.1, -0.05) is 12.1 Å². The predicted octanol–water partition coefficient (Wildman–Crippen LogP) is 2.41. The molecule has 2 N–H and O–H groups in total. The van der Waals surface area contributed by atoms with Crippen LogP contribution in [-0.2, 0) is 28.1 Å². The maximum absolute atomic E-state index is 13.3. The summed E-state index contributed by atoms with van der Waals surface area (Å²) < 4.78 is 14.7. The average Bonchev–Trinajstić information content (AvgIpc) is 3.19. The third-order valence-electron chi connectivity index (χ3n) is 6.97. The molecule has 2 bridgehead atoms. The number of likely N-dealkylation sites (N-methyl/N-ethyl adjacent to an activating group) is 1. The van der Waals surface area contributed by atoms with E-state index >= 15 is 0 Å². The molecule has 6 rings (SSSR count). The lowest BCUT2D eigenvalue weighted by molar-refractivity contribution is -0.145. The predicted molar refractivity (Wildman–Crippen MR) is 131 cm³/mol. The van der Waals surface area contributed by atoms with Gasteiger partial charge in [0.05, 0.1) is 5.54 Å². The Bertz CT molecular complexity index is 1390. The lowest BCUT2D eigenvalue weighted by Crippen LogP contribution is -2.53. The lowest BCUT2D eigenvalue weighted by Gasteiger charge is -2.37. The van der Waals surface area contributed by atoms with Crippen molar-refractivity contribution in [1.82, 2.24) is 24.8 Å². The number of nitrogens with zero attached hydrogens (tertiary/aromatic N) is 4. The van der Waals surface area contributed by atoms with Crippen LogP contribution in [0.1, 0.15) is 41.9 Å². The Morgan fingerprint density at radius 3 is 2.61 bits per heavy atom. The molecule has 1 fully saturated rings. The van der Waals surface area contributed by atoms with E-state index in [1.807, 2.05) is 0 Å². The molecule has 0 spiro atoms. The summed E-state index contributed by atoms with van der Waals surface area (Å²) in [5.41, 5.74) is -0.628. The summed E-state index contributed by atoms with van der Waals surface area (Å²) in [5, 5.41) is 14.1. The molecule has 36 heavy (non-hydrogen) atoms. The number of amides is 2. The van der Waals surface area contributed by atoms with Crippen molar-refractivity contribution in [3.8, 4) is 16.5 Å². The minimum atomic E-state index is -0.994. The summed E-state index contributed by atoms with van der Waals surface area (Å²) in [6, 6.07) is 6.16. The smallest absolute Gasteiger partial charge is 0.311 e. The standard InChI is InChI=1S/C25H26FN5O4S/c1-30(2)23(35)20(33)29-25-9-7-15(8-10-25)13-31-22(34)19(32)18(28-24(25)31)21-27-12-17(36-21)11-14-3-5-16(26)6-4-14/h3-6,12,15,32H,7-11,13H2,1-2H3,(H,29,33). The fourth-order valence-electron chi connectivity index (χ4n) is 5.02. The molecular weight excluding hydrogens is 485 g/mol. The highest BCUT2D eigenvalue weighted by molar-refractivity contribution is 7.15. The summed E-state index contributed by atoms with van der Waals surface area (Å²) in [7, 11) is 3.00. The van der Waals surface area contributed by atoms with Gasteiger partial charge in [0, 0.05) is 38.1 Å². The quantitative estimate of drug-likeness (QED) is 0.520. The number of benzene rings is 1. The van der Waals surface area contributed by atoms with Gasteiger partial charge in [-0.25, -0.2) is 14.4 Å². The van der Waals surface area contributed by atoms with E-state index in [0.717, 1.165) is 23.3 Å². The lowest BCUT2D eigenvalue weighted by atomic mass is 9.77. The van der Waals surface area contributed by atoms with Crippen molar-refractivity contribution in [2.45, 2.75) is 44.2 Å². The number of fused-ring (bicyclic) bond motifs is 2. The molecule has 3 aliphatic rings. The number of carbonyl (C=O) groups is 2. The average molecular weight is 512 g/mol. The molecule has 0 saturated heterocycles. The van der Waals surface area contributed by atoms with Gasteiger partial charge in [-0.3, -0.25) is 19.0 Å². The molecule has 1 saturated carbocycles. The number of thiazole rings is 1. The van der Waals surface area contributed by atoms with Gasteiger partial charge in [0.15, 0.2) is 0 Å². The van der Waals surface area contributed by atoms with Gasteiger partial charge in [-0.2, -0.15) is 0 Å². The van der Waals surface area contributed by atoms with E-state index in [0.29, 0.717) is 36.6 Å². The number of hydrogen-bond donors (Lipinski definition) is 2. The van der Waals surface area contributed by atoms with Crippen LogP contribution >= 0.6 is 11.3 Å². The van der Waals surface area contributed by atoms with Gasteiger partial charge >= 0.3 is 11.8 Å². The second-order valence-corrected chi connectivity index (χ2v) is 10.8. The number of halogens is 1. The molecule has 9 nitrogen and oxygen atoms in total. The fraction of sp³-hybridized carbons (Fsp3) is 0.400. The van der Waals surface area contributed by atoms with E-state index in [-0.39, 0.29) is 17.4 Å². The maximum Gasteiger partial charge on any atom is 0.311 e. The second kappa shape index (κ2) is 9.12. The second-order valence-electron chi connectivity index (χ2n) is 9.66. The van der Waals surface area contributed by atoms with Crippen molar-refractivity contribution in [1.29, 1.82) is 0 Å². The Balaban J connectivity index is 1.55. The maximum atomic E-state index is 13.3. The molecule has 4 heterocycles. The zero-order valence-corrected chi connectivity index (χ0v) is 20.8. The number of nitrogens with one attached hydrogen (secondary N) is 1. The van der Waals surface area contributed by atoms with Crippen molar-refractivity contribution in [2.24, 2.45) is 5.92 Å². The minimum absolute atomic E-state index is 0.0551. The van der Waals surface area contributed by atoms with Crippen LogP contribution in [0, 0.1) is 11.7 Å². The van der Waals surface area contributed by atoms with Gasteiger partial charge in [0.25, 0.3) is 5.56 Å². The van der Waals surface area contributed by atoms with Crippen LogP contribution in [0.2, 0.25) is 0 Å². The van der Waals surface area contributed by atoms with Crippen LogP contribution in [-0.4, -0.2) is 50.5 Å². The molecule has 1 aliphatic carbocycles. The normalized spacial score (nSPS) is 20.5. The molecule has 11 heteroatoms. The largest absolute Gasteiger partial charge is 0.501 e. The summed E-state index contributed by atoms with van der Waals surface area (Å²) in [6.07, 6.45) is 4.75. The highest BCUT2D eigenvalue weighted by Crippen LogP contribution is 2.44. The van der Waals surface area contributed by atoms with Gasteiger partial charge in [-0.05, 0) is 49.3 Å². The fourth-order valence-corrected chi connectivity index (χ4v) is 5.96. The van der Waals surface area contributed by atoms with E-state index < -0.39 is 28.7 Å². The zero-order valence-electron chi connectivity index (χ0n) is 20.0. The summed E-state index contributed by atoms with van der Waals surface area (Å²) in [4.78, 5) is 49.6. The van der Waals surface area contributed by atoms with Crippen LogP contribution in [0.4, 0.5) is 4.39 Å². The first-order chi connectivity index (χ1) is 17.2. The molecule has 2 amide bonds. The monoisotopic (exact) mass is 511 g/mol. The van der Waals surface area contributed by atoms with Crippen LogP contribution in [0.5, 0.6) is 5.75 Å². The van der Waals surface area contributed by atoms with Gasteiger partial charge in [0.1, 0.15) is 22.3 Å². The zero-order chi connectivity index (χ0) is 25.6. The highest BCUT2D eigenvalue weighted by Gasteiger charge is 2.46. The first kappa shape index (κ1) is 24.1. The van der Waals surface area contributed by atoms with Gasteiger partial charge in [0.2, 0.25) is 5.75 Å². The molecule has 2 aliphatic heterocycles. The molecule has 0 radical (unpaired) electrons. The van der Waals surface area contributed by atoms with E-state index in [9.17, 15) is 23.9 Å². The first-order valence-electron chi connectivity index (χ1n) is 11.7.